The Morgan fingerprint density at radius 2 is 1.55 bits per heavy atom. The van der Waals surface area contributed by atoms with Crippen molar-refractivity contribution >= 4 is 0 Å². The highest BCUT2D eigenvalue weighted by atomic mass is 16.5. The van der Waals surface area contributed by atoms with Crippen LogP contribution in [0.2, 0.25) is 0 Å². The average molecular weight is 322 g/mol. The fraction of sp³-hybridized carbons (Fsp3) is 1.00. The molecule has 0 aliphatic rings. The van der Waals surface area contributed by atoms with Gasteiger partial charge in [-0.15, -0.1) is 0 Å². The minimum atomic E-state index is -0.652. The van der Waals surface area contributed by atoms with Crippen LogP contribution in [0.25, 0.3) is 0 Å². The summed E-state index contributed by atoms with van der Waals surface area (Å²) in [4.78, 5) is 2.18. The maximum atomic E-state index is 9.76. The summed E-state index contributed by atoms with van der Waals surface area (Å²) in [6.07, 6.45) is -1.25. The van der Waals surface area contributed by atoms with Gasteiger partial charge in [0.15, 0.2) is 0 Å². The number of nitrogens with two attached hydrogens (primary N) is 2. The molecule has 0 saturated carbocycles. The topological polar surface area (TPSA) is 126 Å². The maximum absolute atomic E-state index is 9.76. The van der Waals surface area contributed by atoms with Crippen LogP contribution in [0, 0.1) is 0 Å². The lowest BCUT2D eigenvalue weighted by molar-refractivity contribution is -0.0371. The molecule has 2 unspecified atom stereocenters. The summed E-state index contributed by atoms with van der Waals surface area (Å²) in [5.74, 6) is 0. The minimum absolute atomic E-state index is 0.165. The Morgan fingerprint density at radius 1 is 0.955 bits per heavy atom. The van der Waals surface area contributed by atoms with Gasteiger partial charge in [0.25, 0.3) is 0 Å². The molecule has 0 rings (SSSR count). The molecule has 22 heavy (non-hydrogen) atoms. The summed E-state index contributed by atoms with van der Waals surface area (Å²) in [5.41, 5.74) is 11.1. The number of hydrogen-bond donors (Lipinski definition) is 5. The van der Waals surface area contributed by atoms with Gasteiger partial charge in [0, 0.05) is 52.4 Å². The highest BCUT2D eigenvalue weighted by molar-refractivity contribution is 4.64. The van der Waals surface area contributed by atoms with Crippen molar-refractivity contribution in [2.24, 2.45) is 11.5 Å². The first-order valence-electron chi connectivity index (χ1n) is 7.98. The van der Waals surface area contributed by atoms with E-state index >= 15 is 0 Å². The molecule has 0 aromatic heterocycles. The maximum Gasteiger partial charge on any atom is 0.101 e. The quantitative estimate of drug-likeness (QED) is 0.199. The first-order chi connectivity index (χ1) is 10.6. The van der Waals surface area contributed by atoms with Gasteiger partial charge in [0.1, 0.15) is 6.10 Å². The van der Waals surface area contributed by atoms with Gasteiger partial charge in [-0.25, -0.2) is 0 Å². The van der Waals surface area contributed by atoms with Gasteiger partial charge in [-0.2, -0.15) is 0 Å². The van der Waals surface area contributed by atoms with Gasteiger partial charge >= 0.3 is 0 Å². The summed E-state index contributed by atoms with van der Waals surface area (Å²) in [6, 6.07) is 0. The van der Waals surface area contributed by atoms with E-state index in [2.05, 4.69) is 10.2 Å². The van der Waals surface area contributed by atoms with E-state index in [9.17, 15) is 10.2 Å². The first-order valence-corrected chi connectivity index (χ1v) is 7.98. The largest absolute Gasteiger partial charge is 0.389 e. The third kappa shape index (κ3) is 13.4. The summed E-state index contributed by atoms with van der Waals surface area (Å²) >= 11 is 0. The highest BCUT2D eigenvalue weighted by Gasteiger charge is 2.08. The number of nitrogens with zero attached hydrogens (tertiary/aromatic N) is 1. The van der Waals surface area contributed by atoms with Gasteiger partial charge in [-0.05, 0) is 6.92 Å². The molecule has 0 fully saturated rings. The van der Waals surface area contributed by atoms with E-state index in [0.717, 1.165) is 26.2 Å². The normalized spacial score (nSPS) is 14.5. The molecule has 0 heterocycles. The van der Waals surface area contributed by atoms with E-state index in [1.54, 1.807) is 0 Å². The van der Waals surface area contributed by atoms with Crippen LogP contribution in [0.1, 0.15) is 6.92 Å². The monoisotopic (exact) mass is 322 g/mol. The number of aliphatic hydroxyl groups is 2. The van der Waals surface area contributed by atoms with Crippen molar-refractivity contribution in [1.82, 2.24) is 10.2 Å². The molecule has 7 N–H and O–H groups in total. The Bertz CT molecular complexity index is 231. The van der Waals surface area contributed by atoms with E-state index in [4.69, 9.17) is 20.9 Å². The van der Waals surface area contributed by atoms with Crippen molar-refractivity contribution in [3.8, 4) is 0 Å². The molecule has 0 amide bonds. The van der Waals surface area contributed by atoms with E-state index in [-0.39, 0.29) is 19.8 Å². The van der Waals surface area contributed by atoms with Crippen LogP contribution < -0.4 is 16.8 Å². The Labute approximate surface area is 133 Å². The van der Waals surface area contributed by atoms with E-state index in [1.807, 2.05) is 6.92 Å². The fourth-order valence-corrected chi connectivity index (χ4v) is 1.91. The van der Waals surface area contributed by atoms with Crippen molar-refractivity contribution in [1.29, 1.82) is 0 Å². The standard InChI is InChI=1S/C14H34N4O4/c1-2-21-11-14(20)12-22-10-13(19)9-17-5-8-18(6-3-15)7-4-16/h13-14,17,19-20H,2-12,15-16H2,1H3. The van der Waals surface area contributed by atoms with Gasteiger partial charge in [-0.1, -0.05) is 0 Å². The average Bonchev–Trinajstić information content (AvgIpc) is 2.50. The van der Waals surface area contributed by atoms with Crippen molar-refractivity contribution < 1.29 is 19.7 Å². The number of rotatable bonds is 16. The molecule has 2 atom stereocenters. The first kappa shape index (κ1) is 21.7. The number of hydrogen-bond acceptors (Lipinski definition) is 8. The molecule has 0 aromatic carbocycles. The van der Waals surface area contributed by atoms with Gasteiger partial charge in [0.2, 0.25) is 0 Å². The zero-order valence-electron chi connectivity index (χ0n) is 13.7. The summed E-state index contributed by atoms with van der Waals surface area (Å²) in [5, 5.41) is 22.4. The SMILES string of the molecule is CCOCC(O)COCC(O)CNCCN(CCN)CCN. The molecule has 8 nitrogen and oxygen atoms in total. The molecular weight excluding hydrogens is 288 g/mol. The van der Waals surface area contributed by atoms with Crippen LogP contribution in [0.4, 0.5) is 0 Å². The third-order valence-corrected chi connectivity index (χ3v) is 3.01. The molecule has 134 valence electrons. The van der Waals surface area contributed by atoms with Crippen molar-refractivity contribution in [3.05, 3.63) is 0 Å². The van der Waals surface area contributed by atoms with E-state index in [1.165, 1.54) is 0 Å². The van der Waals surface area contributed by atoms with Crippen molar-refractivity contribution in [3.63, 3.8) is 0 Å². The number of ether oxygens (including phenoxy) is 2. The van der Waals surface area contributed by atoms with Gasteiger partial charge in [-0.3, -0.25) is 4.90 Å². The van der Waals surface area contributed by atoms with Gasteiger partial charge in [0.05, 0.1) is 25.9 Å². The van der Waals surface area contributed by atoms with E-state index in [0.29, 0.717) is 26.2 Å². The number of nitrogens with one attached hydrogen (secondary N) is 1. The second-order valence-corrected chi connectivity index (χ2v) is 5.13. The molecule has 0 spiro atoms. The zero-order valence-corrected chi connectivity index (χ0v) is 13.7. The van der Waals surface area contributed by atoms with Crippen LogP contribution in [-0.4, -0.2) is 99.6 Å². The Hall–Kier alpha value is -0.320. The molecule has 0 aromatic rings. The zero-order chi connectivity index (χ0) is 16.6. The summed E-state index contributed by atoms with van der Waals surface area (Å²) < 4.78 is 10.3. The predicted molar refractivity (Wildman–Crippen MR) is 86.7 cm³/mol. The molecule has 0 saturated heterocycles. The van der Waals surface area contributed by atoms with Crippen LogP contribution in [0.15, 0.2) is 0 Å². The molecule has 0 bridgehead atoms. The Morgan fingerprint density at radius 3 is 2.14 bits per heavy atom. The number of aliphatic hydroxyl groups excluding tert-OH is 2. The third-order valence-electron chi connectivity index (χ3n) is 3.01. The van der Waals surface area contributed by atoms with Crippen LogP contribution in [0.5, 0.6) is 0 Å². The van der Waals surface area contributed by atoms with Crippen LogP contribution in [0.3, 0.4) is 0 Å². The Kier molecular flexibility index (Phi) is 15.3. The highest BCUT2D eigenvalue weighted by Crippen LogP contribution is 1.91. The van der Waals surface area contributed by atoms with E-state index < -0.39 is 12.2 Å². The smallest absolute Gasteiger partial charge is 0.101 e. The fourth-order valence-electron chi connectivity index (χ4n) is 1.91. The lowest BCUT2D eigenvalue weighted by atomic mass is 10.3. The minimum Gasteiger partial charge on any atom is -0.389 e. The second-order valence-electron chi connectivity index (χ2n) is 5.13. The van der Waals surface area contributed by atoms with Crippen LogP contribution in [-0.2, 0) is 9.47 Å². The molecular formula is C14H34N4O4. The molecule has 0 radical (unpaired) electrons. The predicted octanol–water partition coefficient (Wildman–Crippen LogP) is -2.43. The van der Waals surface area contributed by atoms with Crippen molar-refractivity contribution in [2.45, 2.75) is 19.1 Å². The lowest BCUT2D eigenvalue weighted by Crippen LogP contribution is -2.40. The summed E-state index contributed by atoms with van der Waals surface area (Å²) in [7, 11) is 0. The lowest BCUT2D eigenvalue weighted by Gasteiger charge is -2.21. The van der Waals surface area contributed by atoms with Crippen molar-refractivity contribution in [2.75, 3.05) is 72.2 Å². The second kappa shape index (κ2) is 15.6. The molecule has 0 aliphatic carbocycles. The molecule has 8 heteroatoms. The van der Waals surface area contributed by atoms with Crippen LogP contribution >= 0.6 is 0 Å². The van der Waals surface area contributed by atoms with Gasteiger partial charge < -0.3 is 36.5 Å². The Balaban J connectivity index is 3.54. The summed E-state index contributed by atoms with van der Waals surface area (Å²) in [6.45, 7) is 7.94. The molecule has 0 aliphatic heterocycles.